The summed E-state index contributed by atoms with van der Waals surface area (Å²) in [5, 5.41) is 0. The van der Waals surface area contributed by atoms with E-state index < -0.39 is 98.0 Å². The fraction of sp³-hybridized carbons (Fsp3) is 0.125. The van der Waals surface area contributed by atoms with Gasteiger partial charge in [0.05, 0.1) is 17.1 Å². The Hall–Kier alpha value is -4.92. The first-order chi connectivity index (χ1) is 23.2. The van der Waals surface area contributed by atoms with Crippen LogP contribution < -0.4 is 16.9 Å². The Labute approximate surface area is 275 Å². The highest BCUT2D eigenvalue weighted by Crippen LogP contribution is 2.27. The molecule has 276 valence electrons. The van der Waals surface area contributed by atoms with Crippen molar-refractivity contribution in [1.82, 2.24) is 13.7 Å². The third-order valence-corrected chi connectivity index (χ3v) is 8.90. The summed E-state index contributed by atoms with van der Waals surface area (Å²) in [5.74, 6) is -3.58. The van der Waals surface area contributed by atoms with Crippen molar-refractivity contribution in [2.45, 2.75) is 16.5 Å². The fourth-order valence-corrected chi connectivity index (χ4v) is 5.20. The fourth-order valence-electron chi connectivity index (χ4n) is 3.75. The summed E-state index contributed by atoms with van der Waals surface area (Å²) in [6, 6.07) is 5.19. The Bertz CT molecular complexity index is 2220. The van der Waals surface area contributed by atoms with Gasteiger partial charge in [-0.2, -0.15) is 64.8 Å². The van der Waals surface area contributed by atoms with Crippen LogP contribution in [0.5, 0.6) is 0 Å². The SMILES string of the molecule is O=S(=O)(N=c1n(-c2ccc(F)cc2)c(=NS(=O)(=O)C(F)(F)F)n(-c2ccc(F)cc2)c(=NS(=O)(=O)C(F)(F)F)n1-c1ccc(F)cc1)C(F)(F)F. The van der Waals surface area contributed by atoms with Crippen molar-refractivity contribution in [2.24, 2.45) is 13.2 Å². The summed E-state index contributed by atoms with van der Waals surface area (Å²) in [5.41, 5.74) is -28.8. The minimum atomic E-state index is -7.04. The molecule has 0 radical (unpaired) electrons. The zero-order valence-corrected chi connectivity index (χ0v) is 26.3. The van der Waals surface area contributed by atoms with Gasteiger partial charge in [-0.25, -0.2) is 26.9 Å². The normalized spacial score (nSPS) is 13.2. The van der Waals surface area contributed by atoms with E-state index in [0.29, 0.717) is 72.8 Å². The summed E-state index contributed by atoms with van der Waals surface area (Å²) in [6.07, 6.45) is 0. The van der Waals surface area contributed by atoms with E-state index in [-0.39, 0.29) is 13.7 Å². The third-order valence-electron chi connectivity index (χ3n) is 5.94. The topological polar surface area (TPSA) is 154 Å². The van der Waals surface area contributed by atoms with Crippen LogP contribution in [0, 0.1) is 17.5 Å². The molecular formula is C24H12F12N6O6S3. The molecule has 0 amide bonds. The molecule has 1 aromatic heterocycles. The lowest BCUT2D eigenvalue weighted by Gasteiger charge is -2.21. The number of aromatic nitrogens is 3. The molecule has 0 saturated carbocycles. The van der Waals surface area contributed by atoms with Gasteiger partial charge in [-0.05, 0) is 72.8 Å². The largest absolute Gasteiger partial charge is 0.518 e. The number of rotatable bonds is 6. The zero-order chi connectivity index (χ0) is 38.5. The van der Waals surface area contributed by atoms with Gasteiger partial charge in [0.1, 0.15) is 17.5 Å². The van der Waals surface area contributed by atoms with Crippen molar-refractivity contribution in [3.63, 3.8) is 0 Å². The summed E-state index contributed by atoms with van der Waals surface area (Å²) >= 11 is 0. The first kappa shape index (κ1) is 38.9. The number of hydrogen-bond donors (Lipinski definition) is 0. The van der Waals surface area contributed by atoms with Gasteiger partial charge in [0.25, 0.3) is 0 Å². The first-order valence-electron chi connectivity index (χ1n) is 12.6. The second-order valence-corrected chi connectivity index (χ2v) is 14.2. The van der Waals surface area contributed by atoms with Gasteiger partial charge in [-0.15, -0.1) is 13.2 Å². The smallest absolute Gasteiger partial charge is 0.248 e. The number of sulfonamides is 3. The monoisotopic (exact) mass is 804 g/mol. The van der Waals surface area contributed by atoms with Crippen LogP contribution in [0.1, 0.15) is 0 Å². The van der Waals surface area contributed by atoms with E-state index in [4.69, 9.17) is 0 Å². The molecule has 0 fully saturated rings. The maximum Gasteiger partial charge on any atom is 0.518 e. The highest BCUT2D eigenvalue weighted by Gasteiger charge is 2.49. The molecule has 12 nitrogen and oxygen atoms in total. The number of hydrogen-bond acceptors (Lipinski definition) is 6. The molecule has 0 aliphatic rings. The Morgan fingerprint density at radius 1 is 0.373 bits per heavy atom. The van der Waals surface area contributed by atoms with Crippen LogP contribution in [0.3, 0.4) is 0 Å². The van der Waals surface area contributed by atoms with Gasteiger partial charge in [0.15, 0.2) is 0 Å². The summed E-state index contributed by atoms with van der Waals surface area (Å²) in [6.45, 7) is 0. The minimum Gasteiger partial charge on any atom is -0.248 e. The molecule has 4 rings (SSSR count). The van der Waals surface area contributed by atoms with Gasteiger partial charge >= 0.3 is 46.6 Å². The van der Waals surface area contributed by atoms with E-state index in [0.717, 1.165) is 0 Å². The average molecular weight is 805 g/mol. The third kappa shape index (κ3) is 7.87. The Morgan fingerprint density at radius 3 is 0.706 bits per heavy atom. The molecule has 1 heterocycles. The van der Waals surface area contributed by atoms with E-state index in [9.17, 15) is 77.9 Å². The van der Waals surface area contributed by atoms with Crippen LogP contribution in [0.2, 0.25) is 0 Å². The summed E-state index contributed by atoms with van der Waals surface area (Å²) < 4.78 is 247. The Balaban J connectivity index is 2.69. The standard InChI is InChI=1S/C24H12F12N6O6S3/c25-13-1-7-16(8-2-13)40-19(37-49(43,44)22(28,29)30)41(17-9-3-14(26)4-10-17)21(39-51(47,48)24(34,35)36)42(18-11-5-15(27)6-12-18)20(40)38-50(45,46)23(31,32)33/h1-12H. The highest BCUT2D eigenvalue weighted by molar-refractivity contribution is 7.91. The van der Waals surface area contributed by atoms with Gasteiger partial charge in [-0.1, -0.05) is 0 Å². The Morgan fingerprint density at radius 2 is 0.549 bits per heavy atom. The summed E-state index contributed by atoms with van der Waals surface area (Å²) in [7, 11) is -21.1. The molecule has 0 N–H and O–H groups in total. The lowest BCUT2D eigenvalue weighted by Crippen LogP contribution is -2.55. The zero-order valence-electron chi connectivity index (χ0n) is 23.8. The predicted molar refractivity (Wildman–Crippen MR) is 146 cm³/mol. The predicted octanol–water partition coefficient (Wildman–Crippen LogP) is 3.73. The Kier molecular flexibility index (Phi) is 9.91. The van der Waals surface area contributed by atoms with Crippen LogP contribution in [0.4, 0.5) is 52.7 Å². The van der Waals surface area contributed by atoms with E-state index in [1.165, 1.54) is 0 Å². The lowest BCUT2D eigenvalue weighted by atomic mass is 10.3. The van der Waals surface area contributed by atoms with Crippen LogP contribution in [0.15, 0.2) is 86.0 Å². The molecule has 51 heavy (non-hydrogen) atoms. The van der Waals surface area contributed by atoms with Crippen molar-refractivity contribution in [3.05, 3.63) is 107 Å². The second-order valence-electron chi connectivity index (χ2n) is 9.37. The molecule has 27 heteroatoms. The molecule has 0 spiro atoms. The van der Waals surface area contributed by atoms with Crippen LogP contribution in [-0.4, -0.2) is 55.5 Å². The molecule has 4 aromatic rings. The minimum absolute atomic E-state index is 0.321. The van der Waals surface area contributed by atoms with E-state index in [2.05, 4.69) is 13.2 Å². The molecule has 0 bridgehead atoms. The van der Waals surface area contributed by atoms with E-state index in [1.807, 2.05) is 0 Å². The van der Waals surface area contributed by atoms with Gasteiger partial charge < -0.3 is 0 Å². The molecule has 0 aliphatic carbocycles. The van der Waals surface area contributed by atoms with Crippen molar-refractivity contribution in [2.75, 3.05) is 0 Å². The van der Waals surface area contributed by atoms with Crippen LogP contribution in [-0.2, 0) is 30.1 Å². The number of halogens is 12. The maximum absolute atomic E-state index is 14.0. The molecule has 0 saturated heterocycles. The van der Waals surface area contributed by atoms with Crippen LogP contribution >= 0.6 is 0 Å². The van der Waals surface area contributed by atoms with Crippen molar-refractivity contribution in [1.29, 1.82) is 0 Å². The quantitative estimate of drug-likeness (QED) is 0.271. The van der Waals surface area contributed by atoms with Gasteiger partial charge in [0.2, 0.25) is 16.9 Å². The van der Waals surface area contributed by atoms with Crippen molar-refractivity contribution in [3.8, 4) is 17.1 Å². The van der Waals surface area contributed by atoms with Gasteiger partial charge in [0, 0.05) is 0 Å². The summed E-state index contributed by atoms with van der Waals surface area (Å²) in [4.78, 5) is 0. The van der Waals surface area contributed by atoms with Crippen LogP contribution in [0.25, 0.3) is 17.1 Å². The lowest BCUT2D eigenvalue weighted by molar-refractivity contribution is -0.0442. The first-order valence-corrected chi connectivity index (χ1v) is 16.9. The second kappa shape index (κ2) is 13.0. The van der Waals surface area contributed by atoms with E-state index >= 15 is 0 Å². The number of alkyl halides is 9. The van der Waals surface area contributed by atoms with Crippen molar-refractivity contribution >= 4 is 30.1 Å². The molecule has 0 aliphatic heterocycles. The molecule has 0 atom stereocenters. The molecule has 3 aromatic carbocycles. The maximum atomic E-state index is 14.0. The number of nitrogens with zero attached hydrogens (tertiary/aromatic N) is 6. The molecular weight excluding hydrogens is 792 g/mol. The van der Waals surface area contributed by atoms with Crippen molar-refractivity contribution < 1.29 is 77.9 Å². The average Bonchev–Trinajstić information content (AvgIpc) is 2.97. The van der Waals surface area contributed by atoms with E-state index in [1.54, 1.807) is 0 Å². The molecule has 0 unspecified atom stereocenters. The van der Waals surface area contributed by atoms with Gasteiger partial charge in [-0.3, -0.25) is 0 Å². The number of benzene rings is 3. The highest BCUT2D eigenvalue weighted by atomic mass is 32.2.